The number of hydrogen-bond acceptors (Lipinski definition) is 6. The van der Waals surface area contributed by atoms with Crippen LogP contribution in [0.2, 0.25) is 0 Å². The molecule has 0 fully saturated rings. The zero-order chi connectivity index (χ0) is 13.2. The molecule has 0 amide bonds. The summed E-state index contributed by atoms with van der Waals surface area (Å²) in [5.41, 5.74) is 0. The summed E-state index contributed by atoms with van der Waals surface area (Å²) in [4.78, 5) is 14.4. The van der Waals surface area contributed by atoms with Gasteiger partial charge in [0, 0.05) is 13.3 Å². The second kappa shape index (κ2) is 5.05. The third-order valence-electron chi connectivity index (χ3n) is 2.07. The number of carboxylic acid groups (broad SMARTS) is 1. The summed E-state index contributed by atoms with van der Waals surface area (Å²) < 4.78 is 24.0. The Morgan fingerprint density at radius 3 is 2.65 bits per heavy atom. The number of rotatable bonds is 5. The van der Waals surface area contributed by atoms with Crippen molar-refractivity contribution in [1.82, 2.24) is 14.8 Å². The normalized spacial score (nSPS) is 13.6. The van der Waals surface area contributed by atoms with Gasteiger partial charge in [-0.1, -0.05) is 11.8 Å². The van der Waals surface area contributed by atoms with Gasteiger partial charge in [0.05, 0.1) is 5.75 Å². The van der Waals surface area contributed by atoms with Crippen LogP contribution < -0.4 is 0 Å². The van der Waals surface area contributed by atoms with Crippen LogP contribution in [0.4, 0.5) is 0 Å². The summed E-state index contributed by atoms with van der Waals surface area (Å²) in [6.45, 7) is 1.50. The molecule has 0 bridgehead atoms. The maximum Gasteiger partial charge on any atom is 0.313 e. The number of thioether (sulfide) groups is 1. The molecule has 0 aliphatic carbocycles. The molecule has 0 aliphatic heterocycles. The molecule has 0 aromatic carbocycles. The molecule has 1 aromatic rings. The summed E-state index contributed by atoms with van der Waals surface area (Å²) in [5.74, 6) is -0.919. The SMILES string of the molecule is CC(c1nc(SCC(=O)O)n(C)n1)S(C)(=O)=O. The Labute approximate surface area is 103 Å². The molecule has 1 aromatic heterocycles. The van der Waals surface area contributed by atoms with Gasteiger partial charge in [-0.15, -0.1) is 0 Å². The Balaban J connectivity index is 2.92. The maximum atomic E-state index is 11.3. The number of sulfone groups is 1. The molecule has 0 aliphatic rings. The first-order chi connectivity index (χ1) is 7.71. The van der Waals surface area contributed by atoms with Crippen molar-refractivity contribution in [2.45, 2.75) is 17.3 Å². The van der Waals surface area contributed by atoms with Crippen molar-refractivity contribution in [2.24, 2.45) is 7.05 Å². The van der Waals surface area contributed by atoms with Gasteiger partial charge in [-0.25, -0.2) is 18.1 Å². The van der Waals surface area contributed by atoms with E-state index >= 15 is 0 Å². The van der Waals surface area contributed by atoms with E-state index in [4.69, 9.17) is 5.11 Å². The van der Waals surface area contributed by atoms with Crippen LogP contribution in [0.1, 0.15) is 18.0 Å². The predicted octanol–water partition coefficient (Wildman–Crippen LogP) is 0.0974. The highest BCUT2D eigenvalue weighted by molar-refractivity contribution is 7.99. The monoisotopic (exact) mass is 279 g/mol. The number of aromatic nitrogens is 3. The molecule has 96 valence electrons. The number of nitrogens with zero attached hydrogens (tertiary/aromatic N) is 3. The lowest BCUT2D eigenvalue weighted by Gasteiger charge is -2.02. The number of carboxylic acids is 1. The lowest BCUT2D eigenvalue weighted by molar-refractivity contribution is -0.133. The minimum absolute atomic E-state index is 0.140. The first-order valence-corrected chi connectivity index (χ1v) is 7.60. The molecular weight excluding hydrogens is 266 g/mol. The topological polar surface area (TPSA) is 102 Å². The highest BCUT2D eigenvalue weighted by Crippen LogP contribution is 2.21. The van der Waals surface area contributed by atoms with Gasteiger partial charge in [-0.2, -0.15) is 5.10 Å². The Hall–Kier alpha value is -1.09. The van der Waals surface area contributed by atoms with Crippen LogP contribution in [0.3, 0.4) is 0 Å². The summed E-state index contributed by atoms with van der Waals surface area (Å²) >= 11 is 0.999. The lowest BCUT2D eigenvalue weighted by Crippen LogP contribution is -2.09. The predicted molar refractivity (Wildman–Crippen MR) is 62.6 cm³/mol. The first kappa shape index (κ1) is 14.0. The maximum absolute atomic E-state index is 11.3. The van der Waals surface area contributed by atoms with E-state index in [2.05, 4.69) is 10.1 Å². The number of carbonyl (C=O) groups is 1. The fourth-order valence-electron chi connectivity index (χ4n) is 1.00. The number of hydrogen-bond donors (Lipinski definition) is 1. The molecule has 17 heavy (non-hydrogen) atoms. The largest absolute Gasteiger partial charge is 0.481 e. The fourth-order valence-corrected chi connectivity index (χ4v) is 2.13. The summed E-state index contributed by atoms with van der Waals surface area (Å²) in [7, 11) is -1.66. The van der Waals surface area contributed by atoms with E-state index in [1.165, 1.54) is 11.6 Å². The van der Waals surface area contributed by atoms with Crippen molar-refractivity contribution in [2.75, 3.05) is 12.0 Å². The third-order valence-corrected chi connectivity index (χ3v) is 4.57. The molecule has 0 spiro atoms. The van der Waals surface area contributed by atoms with E-state index in [0.717, 1.165) is 18.0 Å². The van der Waals surface area contributed by atoms with Crippen LogP contribution in [0.15, 0.2) is 5.16 Å². The molecule has 0 saturated heterocycles. The Kier molecular flexibility index (Phi) is 4.15. The van der Waals surface area contributed by atoms with E-state index in [0.29, 0.717) is 5.16 Å². The van der Waals surface area contributed by atoms with Crippen molar-refractivity contribution < 1.29 is 18.3 Å². The number of aliphatic carboxylic acids is 1. The molecule has 1 rings (SSSR count). The van der Waals surface area contributed by atoms with Crippen molar-refractivity contribution in [3.8, 4) is 0 Å². The van der Waals surface area contributed by atoms with Crippen molar-refractivity contribution in [3.05, 3.63) is 5.82 Å². The van der Waals surface area contributed by atoms with Crippen molar-refractivity contribution >= 4 is 27.6 Å². The van der Waals surface area contributed by atoms with Crippen molar-refractivity contribution in [1.29, 1.82) is 0 Å². The molecule has 7 nitrogen and oxygen atoms in total. The van der Waals surface area contributed by atoms with E-state index in [9.17, 15) is 13.2 Å². The lowest BCUT2D eigenvalue weighted by atomic mass is 10.5. The van der Waals surface area contributed by atoms with Gasteiger partial charge >= 0.3 is 5.97 Å². The van der Waals surface area contributed by atoms with Gasteiger partial charge in [-0.05, 0) is 6.92 Å². The van der Waals surface area contributed by atoms with E-state index in [1.807, 2.05) is 0 Å². The quantitative estimate of drug-likeness (QED) is 0.762. The van der Waals surface area contributed by atoms with E-state index in [-0.39, 0.29) is 11.6 Å². The van der Waals surface area contributed by atoms with Crippen LogP contribution in [0.25, 0.3) is 0 Å². The zero-order valence-electron chi connectivity index (χ0n) is 9.61. The molecular formula is C8H13N3O4S2. The van der Waals surface area contributed by atoms with Crippen LogP contribution in [0.5, 0.6) is 0 Å². The van der Waals surface area contributed by atoms with Crippen LogP contribution in [-0.2, 0) is 21.7 Å². The number of aryl methyl sites for hydroxylation is 1. The highest BCUT2D eigenvalue weighted by Gasteiger charge is 2.23. The fraction of sp³-hybridized carbons (Fsp3) is 0.625. The van der Waals surface area contributed by atoms with Gasteiger partial charge < -0.3 is 5.11 Å². The standard InChI is InChI=1S/C8H13N3O4S2/c1-5(17(3,14)15)7-9-8(11(2)10-7)16-4-6(12)13/h5H,4H2,1-3H3,(H,12,13). The van der Waals surface area contributed by atoms with Gasteiger partial charge in [-0.3, -0.25) is 4.79 Å². The molecule has 1 heterocycles. The van der Waals surface area contributed by atoms with Crippen LogP contribution in [-0.4, -0.2) is 46.3 Å². The van der Waals surface area contributed by atoms with Gasteiger partial charge in [0.2, 0.25) is 0 Å². The van der Waals surface area contributed by atoms with Crippen LogP contribution in [0, 0.1) is 0 Å². The molecule has 1 N–H and O–H groups in total. The molecule has 0 radical (unpaired) electrons. The summed E-state index contributed by atoms with van der Waals surface area (Å²) in [6.07, 6.45) is 1.11. The first-order valence-electron chi connectivity index (χ1n) is 4.66. The molecule has 0 saturated carbocycles. The Morgan fingerprint density at radius 1 is 1.59 bits per heavy atom. The molecule has 1 atom stereocenters. The Bertz CT molecular complexity index is 523. The third kappa shape index (κ3) is 3.70. The average molecular weight is 279 g/mol. The zero-order valence-corrected chi connectivity index (χ0v) is 11.2. The molecule has 9 heteroatoms. The minimum Gasteiger partial charge on any atom is -0.481 e. The Morgan fingerprint density at radius 2 is 2.18 bits per heavy atom. The summed E-state index contributed by atoms with van der Waals surface area (Å²) in [5, 5.41) is 12.1. The highest BCUT2D eigenvalue weighted by atomic mass is 32.2. The van der Waals surface area contributed by atoms with Gasteiger partial charge in [0.25, 0.3) is 0 Å². The second-order valence-electron chi connectivity index (χ2n) is 3.53. The minimum atomic E-state index is -3.25. The van der Waals surface area contributed by atoms with Crippen LogP contribution >= 0.6 is 11.8 Å². The molecule has 1 unspecified atom stereocenters. The van der Waals surface area contributed by atoms with Gasteiger partial charge in [0.15, 0.2) is 20.8 Å². The smallest absolute Gasteiger partial charge is 0.313 e. The second-order valence-corrected chi connectivity index (χ2v) is 6.84. The van der Waals surface area contributed by atoms with E-state index in [1.54, 1.807) is 7.05 Å². The average Bonchev–Trinajstić information content (AvgIpc) is 2.54. The van der Waals surface area contributed by atoms with E-state index < -0.39 is 21.1 Å². The van der Waals surface area contributed by atoms with Crippen molar-refractivity contribution in [3.63, 3.8) is 0 Å². The summed E-state index contributed by atoms with van der Waals surface area (Å²) in [6, 6.07) is 0. The van der Waals surface area contributed by atoms with Gasteiger partial charge in [0.1, 0.15) is 5.25 Å².